The van der Waals surface area contributed by atoms with Crippen LogP contribution in [-0.2, 0) is 4.74 Å². The van der Waals surface area contributed by atoms with Crippen molar-refractivity contribution in [2.24, 2.45) is 0 Å². The third-order valence-electron chi connectivity index (χ3n) is 4.32. The van der Waals surface area contributed by atoms with Gasteiger partial charge in [-0.05, 0) is 42.1 Å². The molecule has 0 aliphatic carbocycles. The molecule has 0 bridgehead atoms. The number of benzene rings is 2. The second-order valence-electron chi connectivity index (χ2n) is 6.17. The predicted octanol–water partition coefficient (Wildman–Crippen LogP) is 5.01. The summed E-state index contributed by atoms with van der Waals surface area (Å²) in [5.74, 6) is -1.44. The second kappa shape index (κ2) is 7.22. The average molecular weight is 413 g/mol. The van der Waals surface area contributed by atoms with Gasteiger partial charge >= 0.3 is 5.97 Å². The van der Waals surface area contributed by atoms with Gasteiger partial charge in [0, 0.05) is 15.8 Å². The van der Waals surface area contributed by atoms with E-state index in [2.05, 4.69) is 0 Å². The van der Waals surface area contributed by atoms with Crippen molar-refractivity contribution in [2.45, 2.75) is 6.92 Å². The number of thiophene rings is 1. The summed E-state index contributed by atoms with van der Waals surface area (Å²) in [6, 6.07) is 13.2. The summed E-state index contributed by atoms with van der Waals surface area (Å²) in [5, 5.41) is 1.65. The van der Waals surface area contributed by atoms with E-state index in [1.807, 2.05) is 31.2 Å². The fourth-order valence-electron chi connectivity index (χ4n) is 2.94. The van der Waals surface area contributed by atoms with Crippen molar-refractivity contribution in [3.8, 4) is 0 Å². The SMILES string of the molecule is Cc1c(C(=O)COC(=O)c2cc(=O)c3cc(Cl)ccc3o2)sc2ccccc12. The molecule has 28 heavy (non-hydrogen) atoms. The Labute approximate surface area is 168 Å². The van der Waals surface area contributed by atoms with Crippen LogP contribution in [0.4, 0.5) is 0 Å². The van der Waals surface area contributed by atoms with Crippen molar-refractivity contribution in [1.82, 2.24) is 0 Å². The zero-order valence-corrected chi connectivity index (χ0v) is 16.2. The molecule has 5 nitrogen and oxygen atoms in total. The Morgan fingerprint density at radius 3 is 2.68 bits per heavy atom. The lowest BCUT2D eigenvalue weighted by Gasteiger charge is -2.05. The third kappa shape index (κ3) is 3.32. The minimum atomic E-state index is -0.874. The Morgan fingerprint density at radius 1 is 1.11 bits per heavy atom. The van der Waals surface area contributed by atoms with E-state index in [1.54, 1.807) is 6.07 Å². The van der Waals surface area contributed by atoms with Gasteiger partial charge in [0.25, 0.3) is 0 Å². The van der Waals surface area contributed by atoms with Crippen LogP contribution in [0.2, 0.25) is 5.02 Å². The van der Waals surface area contributed by atoms with Crippen molar-refractivity contribution in [3.05, 3.63) is 80.0 Å². The first kappa shape index (κ1) is 18.4. The summed E-state index contributed by atoms with van der Waals surface area (Å²) in [4.78, 5) is 37.5. The Morgan fingerprint density at radius 2 is 1.89 bits per heavy atom. The van der Waals surface area contributed by atoms with Crippen LogP contribution in [0, 0.1) is 6.92 Å². The zero-order chi connectivity index (χ0) is 19.8. The van der Waals surface area contributed by atoms with E-state index in [1.165, 1.54) is 23.5 Å². The molecule has 0 amide bonds. The Balaban J connectivity index is 1.54. The van der Waals surface area contributed by atoms with Crippen LogP contribution in [0.3, 0.4) is 0 Å². The number of hydrogen-bond donors (Lipinski definition) is 0. The molecular weight excluding hydrogens is 400 g/mol. The average Bonchev–Trinajstić information content (AvgIpc) is 3.03. The lowest BCUT2D eigenvalue weighted by molar-refractivity contribution is 0.0445. The minimum absolute atomic E-state index is 0.218. The molecule has 0 aliphatic rings. The quantitative estimate of drug-likeness (QED) is 0.348. The maximum Gasteiger partial charge on any atom is 0.374 e. The molecule has 140 valence electrons. The highest BCUT2D eigenvalue weighted by atomic mass is 35.5. The molecule has 7 heteroatoms. The van der Waals surface area contributed by atoms with E-state index in [0.29, 0.717) is 9.90 Å². The summed E-state index contributed by atoms with van der Waals surface area (Å²) in [6.45, 7) is 1.43. The zero-order valence-electron chi connectivity index (χ0n) is 14.7. The van der Waals surface area contributed by atoms with Gasteiger partial charge in [-0.15, -0.1) is 11.3 Å². The molecule has 0 fully saturated rings. The molecular formula is C21H13ClO5S. The van der Waals surface area contributed by atoms with Crippen molar-refractivity contribution in [3.63, 3.8) is 0 Å². The number of hydrogen-bond acceptors (Lipinski definition) is 6. The van der Waals surface area contributed by atoms with Crippen molar-refractivity contribution < 1.29 is 18.7 Å². The smallest absolute Gasteiger partial charge is 0.374 e. The van der Waals surface area contributed by atoms with E-state index < -0.39 is 18.0 Å². The standard InChI is InChI=1S/C21H13ClO5S/c1-11-13-4-2-3-5-19(13)28-20(11)16(24)10-26-21(25)18-9-15(23)14-8-12(22)6-7-17(14)27-18/h2-9H,10H2,1H3. The first-order chi connectivity index (χ1) is 13.4. The topological polar surface area (TPSA) is 73.6 Å². The number of ketones is 1. The number of Topliss-reactive ketones (excluding diaryl/α,β-unsaturated/α-hetero) is 1. The Kier molecular flexibility index (Phi) is 4.75. The molecule has 0 unspecified atom stereocenters. The van der Waals surface area contributed by atoms with E-state index in [9.17, 15) is 14.4 Å². The number of esters is 1. The van der Waals surface area contributed by atoms with Crippen LogP contribution in [0.25, 0.3) is 21.1 Å². The number of halogens is 1. The predicted molar refractivity (Wildman–Crippen MR) is 109 cm³/mol. The molecule has 0 radical (unpaired) electrons. The largest absolute Gasteiger partial charge is 0.451 e. The summed E-state index contributed by atoms with van der Waals surface area (Å²) in [5.41, 5.74) is 0.661. The molecule has 0 saturated heterocycles. The van der Waals surface area contributed by atoms with Gasteiger partial charge in [0.2, 0.25) is 11.5 Å². The Hall–Kier alpha value is -2.96. The second-order valence-corrected chi connectivity index (χ2v) is 7.66. The highest BCUT2D eigenvalue weighted by molar-refractivity contribution is 7.21. The number of ether oxygens (including phenoxy) is 1. The maximum absolute atomic E-state index is 12.5. The van der Waals surface area contributed by atoms with Gasteiger partial charge < -0.3 is 9.15 Å². The molecule has 0 spiro atoms. The van der Waals surface area contributed by atoms with Gasteiger partial charge in [0.15, 0.2) is 12.0 Å². The normalized spacial score (nSPS) is 11.1. The molecule has 4 aromatic rings. The summed E-state index contributed by atoms with van der Waals surface area (Å²) >= 11 is 7.23. The van der Waals surface area contributed by atoms with Crippen LogP contribution in [0.1, 0.15) is 25.8 Å². The maximum atomic E-state index is 12.5. The van der Waals surface area contributed by atoms with Crippen molar-refractivity contribution >= 4 is 55.7 Å². The highest BCUT2D eigenvalue weighted by Gasteiger charge is 2.19. The number of rotatable bonds is 4. The van der Waals surface area contributed by atoms with Crippen LogP contribution < -0.4 is 5.43 Å². The number of carbonyl (C=O) groups is 2. The minimum Gasteiger partial charge on any atom is -0.451 e. The molecule has 2 aromatic carbocycles. The van der Waals surface area contributed by atoms with E-state index in [-0.39, 0.29) is 22.5 Å². The molecule has 0 N–H and O–H groups in total. The number of carbonyl (C=O) groups excluding carboxylic acids is 2. The molecule has 4 rings (SSSR count). The molecule has 0 aliphatic heterocycles. The first-order valence-corrected chi connectivity index (χ1v) is 9.55. The van der Waals surface area contributed by atoms with Crippen LogP contribution in [0.5, 0.6) is 0 Å². The summed E-state index contributed by atoms with van der Waals surface area (Å²) in [6.07, 6.45) is 0. The number of fused-ring (bicyclic) bond motifs is 2. The first-order valence-electron chi connectivity index (χ1n) is 8.36. The third-order valence-corrected chi connectivity index (χ3v) is 5.87. The van der Waals surface area contributed by atoms with E-state index in [0.717, 1.165) is 21.7 Å². The van der Waals surface area contributed by atoms with Gasteiger partial charge in [0.05, 0.1) is 10.3 Å². The van der Waals surface area contributed by atoms with E-state index in [4.69, 9.17) is 20.8 Å². The van der Waals surface area contributed by atoms with Gasteiger partial charge in [-0.2, -0.15) is 0 Å². The van der Waals surface area contributed by atoms with Crippen molar-refractivity contribution in [2.75, 3.05) is 6.61 Å². The van der Waals surface area contributed by atoms with Crippen LogP contribution in [0.15, 0.2) is 57.7 Å². The van der Waals surface area contributed by atoms with Gasteiger partial charge in [-0.3, -0.25) is 9.59 Å². The monoisotopic (exact) mass is 412 g/mol. The molecule has 2 heterocycles. The van der Waals surface area contributed by atoms with Crippen LogP contribution >= 0.6 is 22.9 Å². The lowest BCUT2D eigenvalue weighted by Crippen LogP contribution is -2.15. The molecule has 0 atom stereocenters. The van der Waals surface area contributed by atoms with Gasteiger partial charge in [-0.25, -0.2) is 4.79 Å². The fraction of sp³-hybridized carbons (Fsp3) is 0.0952. The Bertz CT molecular complexity index is 1300. The molecule has 2 aromatic heterocycles. The van der Waals surface area contributed by atoms with Crippen LogP contribution in [-0.4, -0.2) is 18.4 Å². The highest BCUT2D eigenvalue weighted by Crippen LogP contribution is 2.30. The summed E-state index contributed by atoms with van der Waals surface area (Å²) in [7, 11) is 0. The van der Waals surface area contributed by atoms with Crippen molar-refractivity contribution in [1.29, 1.82) is 0 Å². The lowest BCUT2D eigenvalue weighted by atomic mass is 10.1. The summed E-state index contributed by atoms with van der Waals surface area (Å²) < 4.78 is 11.5. The molecule has 0 saturated carbocycles. The number of aryl methyl sites for hydroxylation is 1. The van der Waals surface area contributed by atoms with E-state index >= 15 is 0 Å². The fourth-order valence-corrected chi connectivity index (χ4v) is 4.24. The van der Waals surface area contributed by atoms with Gasteiger partial charge in [-0.1, -0.05) is 29.8 Å². The van der Waals surface area contributed by atoms with Gasteiger partial charge in [0.1, 0.15) is 5.58 Å².